The standard InChI is InChI=1S/CH2O3.ClH.Co/c2-1(3)4;;/h(H2,2,3,4);1H;/q;;+1/p-1. The van der Waals surface area contributed by atoms with Crippen molar-refractivity contribution in [3.63, 3.8) is 0 Å². The second kappa shape index (κ2) is 8.91. The molecule has 0 rings (SSSR count). The van der Waals surface area contributed by atoms with Gasteiger partial charge in [0.25, 0.3) is 0 Å². The van der Waals surface area contributed by atoms with Crippen molar-refractivity contribution in [1.82, 2.24) is 0 Å². The zero-order valence-electron chi connectivity index (χ0n) is 2.51. The summed E-state index contributed by atoms with van der Waals surface area (Å²) in [7, 11) is 4.33. The third-order valence-corrected chi connectivity index (χ3v) is 0. The maximum atomic E-state index is 8.56. The van der Waals surface area contributed by atoms with E-state index in [9.17, 15) is 0 Å². The zero-order chi connectivity index (χ0) is 5.58. The van der Waals surface area contributed by atoms with Crippen LogP contribution >= 0.6 is 10.1 Å². The normalized spacial score (nSPS) is 5.17. The molecule has 0 aliphatic heterocycles. The number of carbonyl (C=O) groups is 1. The van der Waals surface area contributed by atoms with Gasteiger partial charge in [0, 0.05) is 0 Å². The average molecular weight is 156 g/mol. The van der Waals surface area contributed by atoms with E-state index < -0.39 is 6.16 Å². The van der Waals surface area contributed by atoms with Crippen molar-refractivity contribution in [3.8, 4) is 0 Å². The summed E-state index contributed by atoms with van der Waals surface area (Å²) in [5.74, 6) is 0. The van der Waals surface area contributed by atoms with Crippen LogP contribution in [0.5, 0.6) is 0 Å². The van der Waals surface area contributed by atoms with Gasteiger partial charge in [0.05, 0.1) is 0 Å². The molecule has 0 aliphatic carbocycles. The second-order valence-corrected chi connectivity index (χ2v) is 0.283. The molecule has 0 aromatic rings. The molecule has 0 heterocycles. The van der Waals surface area contributed by atoms with Crippen LogP contribution in [0.2, 0.25) is 0 Å². The second-order valence-electron chi connectivity index (χ2n) is 0.283. The van der Waals surface area contributed by atoms with E-state index in [4.69, 9.17) is 15.0 Å². The molecule has 0 aromatic heterocycles. The van der Waals surface area contributed by atoms with Crippen LogP contribution in [0.15, 0.2) is 0 Å². The molecule has 5 heteroatoms. The predicted octanol–water partition coefficient (Wildman–Crippen LogP) is 0.909. The van der Waals surface area contributed by atoms with E-state index in [1.165, 1.54) is 0 Å². The first-order valence-electron chi connectivity index (χ1n) is 0.777. The fraction of sp³-hybridized carbons (Fsp3) is 0. The molecule has 0 radical (unpaired) electrons. The van der Waals surface area contributed by atoms with E-state index in [0.29, 0.717) is 0 Å². The van der Waals surface area contributed by atoms with Gasteiger partial charge < -0.3 is 10.2 Å². The van der Waals surface area contributed by atoms with Crippen LogP contribution in [0.1, 0.15) is 0 Å². The number of carboxylic acid groups (broad SMARTS) is 2. The van der Waals surface area contributed by atoms with Gasteiger partial charge >= 0.3 is 31.1 Å². The van der Waals surface area contributed by atoms with Crippen molar-refractivity contribution >= 4 is 16.3 Å². The van der Waals surface area contributed by atoms with Gasteiger partial charge in [-0.2, -0.15) is 0 Å². The molecule has 0 saturated carbocycles. The molecule has 0 unspecified atom stereocenters. The Hall–Kier alpha value is 0.0665. The molecule has 3 nitrogen and oxygen atoms in total. The summed E-state index contributed by atoms with van der Waals surface area (Å²) >= 11 is 3.03. The van der Waals surface area contributed by atoms with Crippen LogP contribution in [0.3, 0.4) is 0 Å². The first-order valence-corrected chi connectivity index (χ1v) is 2.21. The minimum absolute atomic E-state index is 1.83. The molecule has 6 heavy (non-hydrogen) atoms. The first-order chi connectivity index (χ1) is 2.73. The molecular formula is CH2ClCoO3. The predicted molar refractivity (Wildman–Crippen MR) is 16.5 cm³/mol. The first kappa shape index (κ1) is 9.42. The van der Waals surface area contributed by atoms with Gasteiger partial charge in [-0.3, -0.25) is 0 Å². The van der Waals surface area contributed by atoms with E-state index in [0.717, 1.165) is 0 Å². The molecule has 2 N–H and O–H groups in total. The molecular weight excluding hydrogens is 154 g/mol. The van der Waals surface area contributed by atoms with Crippen molar-refractivity contribution in [2.24, 2.45) is 0 Å². The van der Waals surface area contributed by atoms with Crippen molar-refractivity contribution in [3.05, 3.63) is 0 Å². The molecule has 0 spiro atoms. The summed E-state index contributed by atoms with van der Waals surface area (Å²) < 4.78 is 0. The molecule has 0 saturated heterocycles. The van der Waals surface area contributed by atoms with E-state index in [1.54, 1.807) is 0 Å². The van der Waals surface area contributed by atoms with Crippen LogP contribution < -0.4 is 0 Å². The average Bonchev–Trinajstić information content (AvgIpc) is 1.41. The van der Waals surface area contributed by atoms with E-state index >= 15 is 0 Å². The molecule has 0 atom stereocenters. The number of hydrogen-bond donors (Lipinski definition) is 2. The number of rotatable bonds is 0. The molecule has 0 aromatic carbocycles. The van der Waals surface area contributed by atoms with Crippen molar-refractivity contribution in [2.75, 3.05) is 0 Å². The van der Waals surface area contributed by atoms with E-state index in [-0.39, 0.29) is 0 Å². The Balaban J connectivity index is 0. The molecule has 0 bridgehead atoms. The number of halogens is 1. The quantitative estimate of drug-likeness (QED) is 0.548. The summed E-state index contributed by atoms with van der Waals surface area (Å²) in [6, 6.07) is 0. The third kappa shape index (κ3) is 8650. The van der Waals surface area contributed by atoms with Gasteiger partial charge in [0.2, 0.25) is 0 Å². The van der Waals surface area contributed by atoms with Crippen molar-refractivity contribution in [2.45, 2.75) is 0 Å². The fourth-order valence-corrected chi connectivity index (χ4v) is 0. The van der Waals surface area contributed by atoms with Crippen LogP contribution in [-0.4, -0.2) is 16.4 Å². The molecule has 0 aliphatic rings. The van der Waals surface area contributed by atoms with Crippen molar-refractivity contribution in [1.29, 1.82) is 0 Å². The van der Waals surface area contributed by atoms with Crippen molar-refractivity contribution < 1.29 is 29.8 Å². The van der Waals surface area contributed by atoms with E-state index in [1.807, 2.05) is 0 Å². The Morgan fingerprint density at radius 3 is 1.50 bits per heavy atom. The molecule has 0 fully saturated rings. The molecule has 40 valence electrons. The van der Waals surface area contributed by atoms with Gasteiger partial charge in [-0.15, -0.1) is 0 Å². The summed E-state index contributed by atoms with van der Waals surface area (Å²) in [5, 5.41) is 13.9. The third-order valence-electron chi connectivity index (χ3n) is 0. The maximum absolute atomic E-state index is 8.56. The Kier molecular flexibility index (Phi) is 14.0. The fourth-order valence-electron chi connectivity index (χ4n) is 0. The summed E-state index contributed by atoms with van der Waals surface area (Å²) in [4.78, 5) is 8.56. The topological polar surface area (TPSA) is 57.5 Å². The summed E-state index contributed by atoms with van der Waals surface area (Å²) in [6.07, 6.45) is -1.83. The van der Waals surface area contributed by atoms with E-state index in [2.05, 4.69) is 25.0 Å². The Bertz CT molecular complexity index is 33.8. The Morgan fingerprint density at radius 1 is 1.50 bits per heavy atom. The monoisotopic (exact) mass is 156 g/mol. The van der Waals surface area contributed by atoms with Gasteiger partial charge in [-0.1, -0.05) is 0 Å². The summed E-state index contributed by atoms with van der Waals surface area (Å²) in [6.45, 7) is 0. The van der Waals surface area contributed by atoms with Gasteiger partial charge in [0.15, 0.2) is 0 Å². The van der Waals surface area contributed by atoms with Gasteiger partial charge in [-0.25, -0.2) is 4.79 Å². The van der Waals surface area contributed by atoms with Crippen LogP contribution in [-0.2, 0) is 14.8 Å². The van der Waals surface area contributed by atoms with Gasteiger partial charge in [-0.05, 0) is 0 Å². The van der Waals surface area contributed by atoms with Crippen LogP contribution in [0.4, 0.5) is 4.79 Å². The molecule has 0 amide bonds. The SMILES string of the molecule is O=C(O)O.[Cl][Co]. The summed E-state index contributed by atoms with van der Waals surface area (Å²) in [5.41, 5.74) is 0. The Morgan fingerprint density at radius 2 is 1.50 bits per heavy atom. The number of hydrogen-bond acceptors (Lipinski definition) is 1. The zero-order valence-corrected chi connectivity index (χ0v) is 4.31. The van der Waals surface area contributed by atoms with Crippen LogP contribution in [0, 0.1) is 0 Å². The Labute approximate surface area is 46.8 Å². The van der Waals surface area contributed by atoms with Gasteiger partial charge in [0.1, 0.15) is 0 Å². The minimum atomic E-state index is -1.83. The van der Waals surface area contributed by atoms with Crippen LogP contribution in [0.25, 0.3) is 0 Å².